The molecule has 1 aliphatic heterocycles. The Morgan fingerprint density at radius 3 is 3.09 bits per heavy atom. The molecule has 0 bridgehead atoms. The van der Waals surface area contributed by atoms with E-state index in [1.807, 2.05) is 24.3 Å². The van der Waals surface area contributed by atoms with Gasteiger partial charge in [-0.05, 0) is 19.2 Å². The quantitative estimate of drug-likeness (QED) is 0.803. The Hall–Kier alpha value is -2.47. The molecule has 23 heavy (non-hydrogen) atoms. The normalized spacial score (nSPS) is 14.9. The number of nitrogens with one attached hydrogen (secondary N) is 1. The Kier molecular flexibility index (Phi) is 3.46. The second-order valence-corrected chi connectivity index (χ2v) is 5.93. The van der Waals surface area contributed by atoms with Gasteiger partial charge in [-0.3, -0.25) is 9.58 Å². The zero-order chi connectivity index (χ0) is 15.8. The van der Waals surface area contributed by atoms with Gasteiger partial charge >= 0.3 is 0 Å². The largest absolute Gasteiger partial charge is 0.493 e. The number of hydrogen-bond acceptors (Lipinski definition) is 5. The van der Waals surface area contributed by atoms with Crippen molar-refractivity contribution in [1.82, 2.24) is 14.7 Å². The molecule has 0 saturated heterocycles. The van der Waals surface area contributed by atoms with E-state index < -0.39 is 0 Å². The van der Waals surface area contributed by atoms with Crippen LogP contribution in [0.4, 0.5) is 5.82 Å². The summed E-state index contributed by atoms with van der Waals surface area (Å²) in [5.74, 6) is 2.52. The zero-order valence-electron chi connectivity index (χ0n) is 13.4. The maximum Gasteiger partial charge on any atom is 0.176 e. The summed E-state index contributed by atoms with van der Waals surface area (Å²) in [5, 5.41) is 8.99. The van der Waals surface area contributed by atoms with Crippen molar-refractivity contribution in [3.63, 3.8) is 0 Å². The van der Waals surface area contributed by atoms with Crippen molar-refractivity contribution in [2.24, 2.45) is 0 Å². The van der Waals surface area contributed by atoms with Gasteiger partial charge in [-0.15, -0.1) is 0 Å². The molecule has 0 saturated carbocycles. The minimum atomic E-state index is 0.601. The van der Waals surface area contributed by atoms with E-state index in [4.69, 9.17) is 9.15 Å². The van der Waals surface area contributed by atoms with Gasteiger partial charge in [0.05, 0.1) is 25.9 Å². The van der Waals surface area contributed by atoms with Gasteiger partial charge in [0.25, 0.3) is 0 Å². The average Bonchev–Trinajstić information content (AvgIpc) is 3.14. The number of para-hydroxylation sites is 1. The highest BCUT2D eigenvalue weighted by molar-refractivity contribution is 5.83. The first kappa shape index (κ1) is 14.1. The van der Waals surface area contributed by atoms with Crippen molar-refractivity contribution in [1.29, 1.82) is 0 Å². The Morgan fingerprint density at radius 2 is 2.22 bits per heavy atom. The highest BCUT2D eigenvalue weighted by Gasteiger charge is 2.15. The van der Waals surface area contributed by atoms with Crippen LogP contribution in [0.15, 0.2) is 34.7 Å². The number of methoxy groups -OCH3 is 1. The van der Waals surface area contributed by atoms with Crippen LogP contribution in [0.2, 0.25) is 0 Å². The molecule has 2 aromatic heterocycles. The molecule has 6 heteroatoms. The van der Waals surface area contributed by atoms with Crippen molar-refractivity contribution >= 4 is 16.8 Å². The zero-order valence-corrected chi connectivity index (χ0v) is 13.4. The van der Waals surface area contributed by atoms with Crippen LogP contribution in [0.1, 0.15) is 11.5 Å². The molecule has 0 unspecified atom stereocenters. The first-order valence-electron chi connectivity index (χ1n) is 7.77. The predicted molar refractivity (Wildman–Crippen MR) is 88.7 cm³/mol. The molecule has 3 heterocycles. The average molecular weight is 312 g/mol. The summed E-state index contributed by atoms with van der Waals surface area (Å²) in [6.07, 6.45) is 0. The minimum absolute atomic E-state index is 0.601. The number of likely N-dealkylation sites (N-methyl/N-ethyl adjacent to an activating group) is 1. The van der Waals surface area contributed by atoms with E-state index in [9.17, 15) is 0 Å². The summed E-state index contributed by atoms with van der Waals surface area (Å²) in [6, 6.07) is 10.0. The predicted octanol–water partition coefficient (Wildman–Crippen LogP) is 2.70. The second kappa shape index (κ2) is 5.62. The van der Waals surface area contributed by atoms with E-state index in [1.165, 1.54) is 5.69 Å². The van der Waals surface area contributed by atoms with Crippen molar-refractivity contribution in [3.8, 4) is 5.75 Å². The van der Waals surface area contributed by atoms with E-state index in [0.717, 1.165) is 47.9 Å². The third-order valence-electron chi connectivity index (χ3n) is 4.21. The summed E-state index contributed by atoms with van der Waals surface area (Å²) in [7, 11) is 3.78. The fourth-order valence-electron chi connectivity index (χ4n) is 3.00. The SMILES string of the molecule is COc1cccc2cc(CNc3cc4n(n3)CCN(C)C4)oc12. The maximum absolute atomic E-state index is 5.90. The Balaban J connectivity index is 1.51. The van der Waals surface area contributed by atoms with Gasteiger partial charge in [-0.2, -0.15) is 5.10 Å². The first-order valence-corrected chi connectivity index (χ1v) is 7.77. The molecule has 6 nitrogen and oxygen atoms in total. The summed E-state index contributed by atoms with van der Waals surface area (Å²) in [4.78, 5) is 2.30. The van der Waals surface area contributed by atoms with Crippen LogP contribution in [0.3, 0.4) is 0 Å². The highest BCUT2D eigenvalue weighted by Crippen LogP contribution is 2.28. The summed E-state index contributed by atoms with van der Waals surface area (Å²) < 4.78 is 13.3. The number of ether oxygens (including phenoxy) is 1. The van der Waals surface area contributed by atoms with Crippen molar-refractivity contribution in [3.05, 3.63) is 41.8 Å². The fraction of sp³-hybridized carbons (Fsp3) is 0.353. The Bertz CT molecular complexity index is 836. The van der Waals surface area contributed by atoms with Gasteiger partial charge in [0.2, 0.25) is 0 Å². The topological polar surface area (TPSA) is 55.5 Å². The van der Waals surface area contributed by atoms with Gasteiger partial charge in [0.1, 0.15) is 11.6 Å². The number of benzene rings is 1. The third-order valence-corrected chi connectivity index (χ3v) is 4.21. The molecule has 3 aromatic rings. The van der Waals surface area contributed by atoms with E-state index >= 15 is 0 Å². The van der Waals surface area contributed by atoms with Gasteiger partial charge in [-0.1, -0.05) is 12.1 Å². The lowest BCUT2D eigenvalue weighted by molar-refractivity contribution is 0.259. The highest BCUT2D eigenvalue weighted by atomic mass is 16.5. The lowest BCUT2D eigenvalue weighted by Gasteiger charge is -2.22. The molecule has 0 radical (unpaired) electrons. The van der Waals surface area contributed by atoms with Gasteiger partial charge < -0.3 is 14.5 Å². The molecule has 4 rings (SSSR count). The fourth-order valence-corrected chi connectivity index (χ4v) is 3.00. The van der Waals surface area contributed by atoms with E-state index in [-0.39, 0.29) is 0 Å². The number of fused-ring (bicyclic) bond motifs is 2. The van der Waals surface area contributed by atoms with E-state index in [0.29, 0.717) is 6.54 Å². The molecule has 1 aromatic carbocycles. The number of anilines is 1. The summed E-state index contributed by atoms with van der Waals surface area (Å²) >= 11 is 0. The van der Waals surface area contributed by atoms with Crippen LogP contribution >= 0.6 is 0 Å². The first-order chi connectivity index (χ1) is 11.2. The van der Waals surface area contributed by atoms with Crippen LogP contribution in [0.5, 0.6) is 5.75 Å². The lowest BCUT2D eigenvalue weighted by Crippen LogP contribution is -2.30. The van der Waals surface area contributed by atoms with Crippen LogP contribution in [0, 0.1) is 0 Å². The molecular weight excluding hydrogens is 292 g/mol. The standard InChI is InChI=1S/C17H20N4O2/c1-20-6-7-21-13(11-20)9-16(19-21)18-10-14-8-12-4-3-5-15(22-2)17(12)23-14/h3-5,8-9H,6-7,10-11H2,1-2H3,(H,18,19). The summed E-state index contributed by atoms with van der Waals surface area (Å²) in [6.45, 7) is 3.52. The maximum atomic E-state index is 5.90. The molecule has 0 spiro atoms. The number of nitrogens with zero attached hydrogens (tertiary/aromatic N) is 3. The van der Waals surface area contributed by atoms with Crippen molar-refractivity contribution in [2.45, 2.75) is 19.6 Å². The number of aromatic nitrogens is 2. The van der Waals surface area contributed by atoms with E-state index in [1.54, 1.807) is 7.11 Å². The van der Waals surface area contributed by atoms with Crippen molar-refractivity contribution < 1.29 is 9.15 Å². The molecule has 0 atom stereocenters. The number of rotatable bonds is 4. The molecule has 1 N–H and O–H groups in total. The van der Waals surface area contributed by atoms with Gasteiger partial charge in [0, 0.05) is 24.5 Å². The molecule has 1 aliphatic rings. The van der Waals surface area contributed by atoms with E-state index in [2.05, 4.69) is 33.1 Å². The van der Waals surface area contributed by atoms with Gasteiger partial charge in [-0.25, -0.2) is 0 Å². The number of hydrogen-bond donors (Lipinski definition) is 1. The van der Waals surface area contributed by atoms with Gasteiger partial charge in [0.15, 0.2) is 11.3 Å². The van der Waals surface area contributed by atoms with Crippen molar-refractivity contribution in [2.75, 3.05) is 26.0 Å². The van der Waals surface area contributed by atoms with Crippen LogP contribution in [-0.4, -0.2) is 35.4 Å². The third kappa shape index (κ3) is 2.66. The Morgan fingerprint density at radius 1 is 1.30 bits per heavy atom. The molecule has 120 valence electrons. The molecule has 0 aliphatic carbocycles. The smallest absolute Gasteiger partial charge is 0.176 e. The molecule has 0 amide bonds. The van der Waals surface area contributed by atoms with Crippen LogP contribution < -0.4 is 10.1 Å². The molecule has 0 fully saturated rings. The van der Waals surface area contributed by atoms with Crippen LogP contribution in [-0.2, 0) is 19.6 Å². The molecular formula is C17H20N4O2. The number of furan rings is 1. The minimum Gasteiger partial charge on any atom is -0.493 e. The summed E-state index contributed by atoms with van der Waals surface area (Å²) in [5.41, 5.74) is 2.03. The lowest BCUT2D eigenvalue weighted by atomic mass is 10.2. The van der Waals surface area contributed by atoms with Crippen LogP contribution in [0.25, 0.3) is 11.0 Å². The Labute approximate surface area is 134 Å². The monoisotopic (exact) mass is 312 g/mol. The second-order valence-electron chi connectivity index (χ2n) is 5.93.